The van der Waals surface area contributed by atoms with Crippen molar-refractivity contribution in [1.82, 2.24) is 15.5 Å². The molecule has 2 rings (SSSR count). The summed E-state index contributed by atoms with van der Waals surface area (Å²) in [7, 11) is 3.47. The molecule has 0 spiro atoms. The molecule has 0 atom stereocenters. The number of nitrogens with zero attached hydrogens (tertiary/aromatic N) is 2. The highest BCUT2D eigenvalue weighted by molar-refractivity contribution is 5.79. The zero-order chi connectivity index (χ0) is 16.3. The molecule has 0 aromatic heterocycles. The zero-order valence-corrected chi connectivity index (χ0v) is 14.2. The fraction of sp³-hybridized carbons (Fsp3) is 0.588. The molecule has 1 saturated heterocycles. The second-order valence-corrected chi connectivity index (χ2v) is 5.50. The van der Waals surface area contributed by atoms with Crippen molar-refractivity contribution in [1.29, 1.82) is 0 Å². The first kappa shape index (κ1) is 17.7. The van der Waals surface area contributed by atoms with E-state index in [0.29, 0.717) is 6.61 Å². The summed E-state index contributed by atoms with van der Waals surface area (Å²) in [4.78, 5) is 6.67. The summed E-state index contributed by atoms with van der Waals surface area (Å²) in [6, 6.07) is 8.56. The first-order valence-corrected chi connectivity index (χ1v) is 8.14. The van der Waals surface area contributed by atoms with E-state index >= 15 is 0 Å². The molecule has 1 aromatic carbocycles. The van der Waals surface area contributed by atoms with E-state index in [1.54, 1.807) is 14.2 Å². The molecule has 128 valence electrons. The Kier molecular flexibility index (Phi) is 7.86. The van der Waals surface area contributed by atoms with Crippen molar-refractivity contribution in [2.24, 2.45) is 4.99 Å². The third-order valence-electron chi connectivity index (χ3n) is 3.88. The summed E-state index contributed by atoms with van der Waals surface area (Å²) in [5, 5.41) is 6.59. The van der Waals surface area contributed by atoms with Crippen LogP contribution in [-0.2, 0) is 22.6 Å². The summed E-state index contributed by atoms with van der Waals surface area (Å²) in [5.41, 5.74) is 2.66. The number of guanidine groups is 1. The minimum atomic E-state index is 0.661. The van der Waals surface area contributed by atoms with Crippen molar-refractivity contribution < 1.29 is 9.47 Å². The van der Waals surface area contributed by atoms with Crippen LogP contribution in [0, 0.1) is 0 Å². The lowest BCUT2D eigenvalue weighted by molar-refractivity contribution is 0.0341. The normalized spacial score (nSPS) is 16.3. The van der Waals surface area contributed by atoms with Crippen LogP contribution in [0.4, 0.5) is 0 Å². The van der Waals surface area contributed by atoms with Crippen LogP contribution in [0.1, 0.15) is 11.1 Å². The smallest absolute Gasteiger partial charge is 0.191 e. The van der Waals surface area contributed by atoms with Gasteiger partial charge in [-0.25, -0.2) is 0 Å². The molecule has 1 heterocycles. The maximum Gasteiger partial charge on any atom is 0.191 e. The van der Waals surface area contributed by atoms with Crippen LogP contribution < -0.4 is 10.6 Å². The molecule has 1 fully saturated rings. The lowest BCUT2D eigenvalue weighted by atomic mass is 10.1. The number of ether oxygens (including phenoxy) is 2. The lowest BCUT2D eigenvalue weighted by Crippen LogP contribution is -2.39. The van der Waals surface area contributed by atoms with Gasteiger partial charge in [0.15, 0.2) is 5.96 Å². The molecule has 0 aliphatic carbocycles. The van der Waals surface area contributed by atoms with Crippen molar-refractivity contribution >= 4 is 5.96 Å². The van der Waals surface area contributed by atoms with E-state index in [0.717, 1.165) is 51.9 Å². The Balaban J connectivity index is 1.88. The van der Waals surface area contributed by atoms with Gasteiger partial charge in [0.05, 0.1) is 19.8 Å². The van der Waals surface area contributed by atoms with Crippen molar-refractivity contribution in [3.63, 3.8) is 0 Å². The molecule has 0 amide bonds. The summed E-state index contributed by atoms with van der Waals surface area (Å²) in [6.07, 6.45) is 0. The molecule has 6 nitrogen and oxygen atoms in total. The molecule has 6 heteroatoms. The van der Waals surface area contributed by atoms with Crippen LogP contribution in [-0.4, -0.2) is 64.5 Å². The number of aliphatic imine (C=N–C) groups is 1. The van der Waals surface area contributed by atoms with Gasteiger partial charge in [-0.1, -0.05) is 24.3 Å². The van der Waals surface area contributed by atoms with Gasteiger partial charge in [0.25, 0.3) is 0 Å². The molecule has 0 unspecified atom stereocenters. The Morgan fingerprint density at radius 2 is 1.96 bits per heavy atom. The average Bonchev–Trinajstić information content (AvgIpc) is 2.60. The van der Waals surface area contributed by atoms with Crippen molar-refractivity contribution in [3.05, 3.63) is 35.4 Å². The van der Waals surface area contributed by atoms with E-state index in [1.165, 1.54) is 11.1 Å². The van der Waals surface area contributed by atoms with Crippen LogP contribution in [0.2, 0.25) is 0 Å². The SMILES string of the molecule is CN=C(NCCOC)NCc1ccccc1CN1CCOCC1. The van der Waals surface area contributed by atoms with Crippen LogP contribution >= 0.6 is 0 Å². The topological polar surface area (TPSA) is 58.1 Å². The van der Waals surface area contributed by atoms with Crippen LogP contribution in [0.5, 0.6) is 0 Å². The summed E-state index contributed by atoms with van der Waals surface area (Å²) in [5.74, 6) is 0.795. The summed E-state index contributed by atoms with van der Waals surface area (Å²) < 4.78 is 10.5. The van der Waals surface area contributed by atoms with Gasteiger partial charge in [0, 0.05) is 46.9 Å². The Morgan fingerprint density at radius 1 is 1.22 bits per heavy atom. The maximum atomic E-state index is 5.42. The Bertz CT molecular complexity index is 487. The quantitative estimate of drug-likeness (QED) is 0.443. The van der Waals surface area contributed by atoms with Crippen molar-refractivity contribution in [2.75, 3.05) is 53.6 Å². The first-order valence-electron chi connectivity index (χ1n) is 8.14. The number of morpholine rings is 1. The van der Waals surface area contributed by atoms with E-state index in [-0.39, 0.29) is 0 Å². The van der Waals surface area contributed by atoms with Crippen LogP contribution in [0.15, 0.2) is 29.3 Å². The third-order valence-corrected chi connectivity index (χ3v) is 3.88. The van der Waals surface area contributed by atoms with Gasteiger partial charge in [0.2, 0.25) is 0 Å². The van der Waals surface area contributed by atoms with Gasteiger partial charge in [-0.05, 0) is 11.1 Å². The van der Waals surface area contributed by atoms with Gasteiger partial charge in [0.1, 0.15) is 0 Å². The molecule has 1 aliphatic heterocycles. The Morgan fingerprint density at radius 3 is 2.65 bits per heavy atom. The number of nitrogens with one attached hydrogen (secondary N) is 2. The van der Waals surface area contributed by atoms with Gasteiger partial charge in [-0.15, -0.1) is 0 Å². The molecule has 1 aliphatic rings. The third kappa shape index (κ3) is 6.17. The highest BCUT2D eigenvalue weighted by Gasteiger charge is 2.12. The lowest BCUT2D eigenvalue weighted by Gasteiger charge is -2.27. The summed E-state index contributed by atoms with van der Waals surface area (Å²) in [6.45, 7) is 6.79. The second kappa shape index (κ2) is 10.2. The van der Waals surface area contributed by atoms with E-state index in [4.69, 9.17) is 9.47 Å². The minimum Gasteiger partial charge on any atom is -0.383 e. The highest BCUT2D eigenvalue weighted by Crippen LogP contribution is 2.12. The number of benzene rings is 1. The van der Waals surface area contributed by atoms with E-state index in [9.17, 15) is 0 Å². The molecule has 23 heavy (non-hydrogen) atoms. The van der Waals surface area contributed by atoms with E-state index < -0.39 is 0 Å². The molecule has 0 saturated carbocycles. The first-order chi connectivity index (χ1) is 11.3. The largest absolute Gasteiger partial charge is 0.383 e. The predicted molar refractivity (Wildman–Crippen MR) is 92.6 cm³/mol. The average molecular weight is 320 g/mol. The molecular formula is C17H28N4O2. The monoisotopic (exact) mass is 320 g/mol. The van der Waals surface area contributed by atoms with Gasteiger partial charge in [-0.2, -0.15) is 0 Å². The summed E-state index contributed by atoms with van der Waals surface area (Å²) >= 11 is 0. The molecule has 1 aromatic rings. The second-order valence-electron chi connectivity index (χ2n) is 5.50. The number of methoxy groups -OCH3 is 1. The molecule has 2 N–H and O–H groups in total. The maximum absolute atomic E-state index is 5.42. The Labute approximate surface area is 138 Å². The van der Waals surface area contributed by atoms with Crippen molar-refractivity contribution in [2.45, 2.75) is 13.1 Å². The van der Waals surface area contributed by atoms with Gasteiger partial charge < -0.3 is 20.1 Å². The van der Waals surface area contributed by atoms with Gasteiger partial charge in [-0.3, -0.25) is 9.89 Å². The molecule has 0 bridgehead atoms. The zero-order valence-electron chi connectivity index (χ0n) is 14.2. The highest BCUT2D eigenvalue weighted by atomic mass is 16.5. The predicted octanol–water partition coefficient (Wildman–Crippen LogP) is 0.830. The van der Waals surface area contributed by atoms with Crippen molar-refractivity contribution in [3.8, 4) is 0 Å². The number of hydrogen-bond acceptors (Lipinski definition) is 4. The number of hydrogen-bond donors (Lipinski definition) is 2. The van der Waals surface area contributed by atoms with E-state index in [1.807, 2.05) is 0 Å². The number of rotatable bonds is 7. The molecule has 0 radical (unpaired) electrons. The van der Waals surface area contributed by atoms with Crippen LogP contribution in [0.25, 0.3) is 0 Å². The fourth-order valence-electron chi connectivity index (χ4n) is 2.56. The minimum absolute atomic E-state index is 0.661. The molecular weight excluding hydrogens is 292 g/mol. The van der Waals surface area contributed by atoms with E-state index in [2.05, 4.69) is 44.8 Å². The van der Waals surface area contributed by atoms with Gasteiger partial charge >= 0.3 is 0 Å². The van der Waals surface area contributed by atoms with Crippen LogP contribution in [0.3, 0.4) is 0 Å². The Hall–Kier alpha value is -1.63. The standard InChI is InChI=1S/C17H28N4O2/c1-18-17(19-7-10-22-2)20-13-15-5-3-4-6-16(15)14-21-8-11-23-12-9-21/h3-6H,7-14H2,1-2H3,(H2,18,19,20). The fourth-order valence-corrected chi connectivity index (χ4v) is 2.56.